The predicted molar refractivity (Wildman–Crippen MR) is 107 cm³/mol. The van der Waals surface area contributed by atoms with Gasteiger partial charge in [-0.25, -0.2) is 0 Å². The lowest BCUT2D eigenvalue weighted by Gasteiger charge is -2.11. The van der Waals surface area contributed by atoms with Crippen LogP contribution in [0.1, 0.15) is 36.8 Å². The zero-order valence-corrected chi connectivity index (χ0v) is 15.9. The quantitative estimate of drug-likeness (QED) is 0.516. The number of pyridine rings is 1. The van der Waals surface area contributed by atoms with Gasteiger partial charge in [-0.1, -0.05) is 43.3 Å². The number of hydrogen-bond acceptors (Lipinski definition) is 4. The third-order valence-electron chi connectivity index (χ3n) is 4.17. The van der Waals surface area contributed by atoms with E-state index in [0.717, 1.165) is 28.3 Å². The molecule has 1 aromatic carbocycles. The molecule has 0 spiro atoms. The highest BCUT2D eigenvalue weighted by atomic mass is 16.5. The van der Waals surface area contributed by atoms with Gasteiger partial charge in [0.15, 0.2) is 11.7 Å². The molecule has 0 unspecified atom stereocenters. The fourth-order valence-corrected chi connectivity index (χ4v) is 2.64. The molecule has 2 aromatic heterocycles. The number of hydrogen-bond donors (Lipinski definition) is 2. The Kier molecular flexibility index (Phi) is 6.20. The number of aromatic nitrogens is 2. The van der Waals surface area contributed by atoms with Crippen LogP contribution < -0.4 is 10.6 Å². The molecule has 0 aliphatic rings. The highest BCUT2D eigenvalue weighted by Gasteiger charge is 2.08. The van der Waals surface area contributed by atoms with Gasteiger partial charge in [-0.15, -0.1) is 0 Å². The Labute approximate surface area is 159 Å². The van der Waals surface area contributed by atoms with Crippen molar-refractivity contribution >= 4 is 5.96 Å². The molecule has 0 fully saturated rings. The largest absolute Gasteiger partial charge is 0.359 e. The lowest BCUT2D eigenvalue weighted by atomic mass is 10.1. The molecule has 0 saturated carbocycles. The first-order chi connectivity index (χ1) is 13.2. The van der Waals surface area contributed by atoms with Crippen LogP contribution in [-0.4, -0.2) is 23.1 Å². The summed E-state index contributed by atoms with van der Waals surface area (Å²) in [6.45, 7) is 5.38. The van der Waals surface area contributed by atoms with Crippen molar-refractivity contribution in [2.45, 2.75) is 32.9 Å². The fraction of sp³-hybridized carbons (Fsp3) is 0.286. The first-order valence-electron chi connectivity index (χ1n) is 9.06. The molecule has 27 heavy (non-hydrogen) atoms. The summed E-state index contributed by atoms with van der Waals surface area (Å²) in [6.07, 6.45) is 1.81. The van der Waals surface area contributed by atoms with E-state index in [0.29, 0.717) is 25.0 Å². The second-order valence-electron chi connectivity index (χ2n) is 6.57. The van der Waals surface area contributed by atoms with E-state index in [2.05, 4.69) is 57.8 Å². The molecule has 6 heteroatoms. The van der Waals surface area contributed by atoms with Gasteiger partial charge in [0.05, 0.1) is 17.9 Å². The summed E-state index contributed by atoms with van der Waals surface area (Å²) in [5.41, 5.74) is 4.18. The molecule has 3 aromatic rings. The van der Waals surface area contributed by atoms with E-state index in [1.165, 1.54) is 0 Å². The molecule has 2 heterocycles. The highest BCUT2D eigenvalue weighted by Crippen LogP contribution is 2.17. The first kappa shape index (κ1) is 18.6. The summed E-state index contributed by atoms with van der Waals surface area (Å²) in [7, 11) is 1.75. The van der Waals surface area contributed by atoms with Crippen molar-refractivity contribution in [1.29, 1.82) is 0 Å². The van der Waals surface area contributed by atoms with Gasteiger partial charge in [0.2, 0.25) is 0 Å². The summed E-state index contributed by atoms with van der Waals surface area (Å²) in [4.78, 5) is 8.67. The Balaban J connectivity index is 1.56. The van der Waals surface area contributed by atoms with E-state index in [4.69, 9.17) is 4.52 Å². The molecule has 0 aliphatic carbocycles. The van der Waals surface area contributed by atoms with Crippen LogP contribution in [0.3, 0.4) is 0 Å². The van der Waals surface area contributed by atoms with Gasteiger partial charge < -0.3 is 15.2 Å². The fourth-order valence-electron chi connectivity index (χ4n) is 2.64. The number of aliphatic imine (C=N–C) groups is 1. The maximum atomic E-state index is 5.35. The Bertz CT molecular complexity index is 886. The molecule has 0 atom stereocenters. The summed E-state index contributed by atoms with van der Waals surface area (Å²) in [6, 6.07) is 16.2. The molecule has 0 amide bonds. The Morgan fingerprint density at radius 1 is 1.07 bits per heavy atom. The molecule has 3 rings (SSSR count). The van der Waals surface area contributed by atoms with Crippen LogP contribution >= 0.6 is 0 Å². The van der Waals surface area contributed by atoms with Crippen LogP contribution in [-0.2, 0) is 13.1 Å². The van der Waals surface area contributed by atoms with Crippen molar-refractivity contribution in [3.8, 4) is 11.3 Å². The molecule has 0 radical (unpaired) electrons. The standard InChI is InChI=1S/C21H25N5O/c1-15(2)20-12-18(27-26-20)14-25-21(22-3)24-13-16-7-6-8-17(11-16)19-9-4-5-10-23-19/h4-12,15H,13-14H2,1-3H3,(H2,22,24,25). The van der Waals surface area contributed by atoms with E-state index in [-0.39, 0.29) is 0 Å². The van der Waals surface area contributed by atoms with Crippen LogP contribution in [0.2, 0.25) is 0 Å². The molecule has 140 valence electrons. The van der Waals surface area contributed by atoms with E-state index in [1.807, 2.05) is 30.3 Å². The smallest absolute Gasteiger partial charge is 0.191 e. The third kappa shape index (κ3) is 5.17. The summed E-state index contributed by atoms with van der Waals surface area (Å²) in [5, 5.41) is 10.6. The summed E-state index contributed by atoms with van der Waals surface area (Å²) in [5.74, 6) is 1.85. The lowest BCUT2D eigenvalue weighted by Crippen LogP contribution is -2.36. The Morgan fingerprint density at radius 2 is 1.93 bits per heavy atom. The number of guanidine groups is 1. The van der Waals surface area contributed by atoms with E-state index in [1.54, 1.807) is 13.2 Å². The minimum absolute atomic E-state index is 0.353. The Hall–Kier alpha value is -3.15. The van der Waals surface area contributed by atoms with Crippen LogP contribution in [0.4, 0.5) is 0 Å². The molecule has 0 saturated heterocycles. The van der Waals surface area contributed by atoms with Crippen molar-refractivity contribution in [3.05, 3.63) is 71.7 Å². The van der Waals surface area contributed by atoms with Gasteiger partial charge >= 0.3 is 0 Å². The number of nitrogens with one attached hydrogen (secondary N) is 2. The predicted octanol–water partition coefficient (Wildman–Crippen LogP) is 3.73. The normalized spacial score (nSPS) is 11.6. The van der Waals surface area contributed by atoms with Gasteiger partial charge in [0.25, 0.3) is 0 Å². The van der Waals surface area contributed by atoms with Gasteiger partial charge in [0, 0.05) is 31.4 Å². The van der Waals surface area contributed by atoms with Crippen molar-refractivity contribution in [2.75, 3.05) is 7.05 Å². The van der Waals surface area contributed by atoms with Crippen LogP contribution in [0.15, 0.2) is 64.2 Å². The Morgan fingerprint density at radius 3 is 2.63 bits per heavy atom. The molecular formula is C21H25N5O. The van der Waals surface area contributed by atoms with Crippen LogP contribution in [0, 0.1) is 0 Å². The summed E-state index contributed by atoms with van der Waals surface area (Å²) >= 11 is 0. The summed E-state index contributed by atoms with van der Waals surface area (Å²) < 4.78 is 5.35. The third-order valence-corrected chi connectivity index (χ3v) is 4.17. The number of benzene rings is 1. The highest BCUT2D eigenvalue weighted by molar-refractivity contribution is 5.79. The first-order valence-corrected chi connectivity index (χ1v) is 9.06. The van der Waals surface area contributed by atoms with Crippen molar-refractivity contribution < 1.29 is 4.52 Å². The van der Waals surface area contributed by atoms with Gasteiger partial charge in [-0.05, 0) is 29.7 Å². The average molecular weight is 363 g/mol. The zero-order chi connectivity index (χ0) is 19.1. The SMILES string of the molecule is CN=C(NCc1cccc(-c2ccccn2)c1)NCc1cc(C(C)C)no1. The monoisotopic (exact) mass is 363 g/mol. The van der Waals surface area contributed by atoms with Crippen molar-refractivity contribution in [1.82, 2.24) is 20.8 Å². The molecule has 6 nitrogen and oxygen atoms in total. The topological polar surface area (TPSA) is 75.3 Å². The number of nitrogens with zero attached hydrogens (tertiary/aromatic N) is 3. The minimum Gasteiger partial charge on any atom is -0.359 e. The number of rotatable bonds is 6. The molecule has 0 aliphatic heterocycles. The van der Waals surface area contributed by atoms with Crippen LogP contribution in [0.5, 0.6) is 0 Å². The molecule has 0 bridgehead atoms. The van der Waals surface area contributed by atoms with Gasteiger partial charge in [-0.3, -0.25) is 9.98 Å². The van der Waals surface area contributed by atoms with Crippen molar-refractivity contribution in [2.24, 2.45) is 4.99 Å². The van der Waals surface area contributed by atoms with E-state index < -0.39 is 0 Å². The van der Waals surface area contributed by atoms with E-state index >= 15 is 0 Å². The molecular weight excluding hydrogens is 338 g/mol. The van der Waals surface area contributed by atoms with E-state index in [9.17, 15) is 0 Å². The maximum Gasteiger partial charge on any atom is 0.191 e. The van der Waals surface area contributed by atoms with Gasteiger partial charge in [0.1, 0.15) is 0 Å². The average Bonchev–Trinajstić information content (AvgIpc) is 3.18. The zero-order valence-electron chi connectivity index (χ0n) is 15.9. The van der Waals surface area contributed by atoms with Crippen molar-refractivity contribution in [3.63, 3.8) is 0 Å². The van der Waals surface area contributed by atoms with Crippen LogP contribution in [0.25, 0.3) is 11.3 Å². The lowest BCUT2D eigenvalue weighted by molar-refractivity contribution is 0.372. The molecule has 2 N–H and O–H groups in total. The maximum absolute atomic E-state index is 5.35. The second kappa shape index (κ2) is 8.98. The minimum atomic E-state index is 0.353. The second-order valence-corrected chi connectivity index (χ2v) is 6.57. The van der Waals surface area contributed by atoms with Gasteiger partial charge in [-0.2, -0.15) is 0 Å².